The maximum absolute atomic E-state index is 13.6. The topological polar surface area (TPSA) is 105 Å². The van der Waals surface area contributed by atoms with Gasteiger partial charge in [0, 0.05) is 42.2 Å². The first-order valence-electron chi connectivity index (χ1n) is 9.68. The maximum Gasteiger partial charge on any atom is 0.328 e. The number of hydrazine groups is 1. The van der Waals surface area contributed by atoms with Crippen LogP contribution in [0.25, 0.3) is 0 Å². The number of nitrogens with zero attached hydrogens (tertiary/aromatic N) is 2. The number of carboxylic acid groups (broad SMARTS) is 2. The lowest BCUT2D eigenvalue weighted by Crippen LogP contribution is -2.38. The fourth-order valence-electron chi connectivity index (χ4n) is 2.80. The second kappa shape index (κ2) is 11.4. The first kappa shape index (κ1) is 24.3. The van der Waals surface area contributed by atoms with Crippen LogP contribution in [0.3, 0.4) is 0 Å². The fourth-order valence-corrected chi connectivity index (χ4v) is 3.91. The molecular formula is C21H27FN4O4S. The van der Waals surface area contributed by atoms with Crippen LogP contribution < -0.4 is 15.8 Å². The third-order valence-corrected chi connectivity index (χ3v) is 5.56. The highest BCUT2D eigenvalue weighted by Gasteiger charge is 2.23. The summed E-state index contributed by atoms with van der Waals surface area (Å²) in [5.41, 5.74) is 6.54. The SMILES string of the molecule is CCc1cc2c(s1)N(NCCN(C)C)c1ccc(F)cc1NC2.O=C(O)/C=C\C(=O)O. The number of anilines is 3. The number of thiophene rings is 1. The van der Waals surface area contributed by atoms with E-state index in [0.717, 1.165) is 30.9 Å². The number of benzene rings is 1. The molecule has 0 aliphatic carbocycles. The van der Waals surface area contributed by atoms with Crippen LogP contribution in [0.5, 0.6) is 0 Å². The van der Waals surface area contributed by atoms with Gasteiger partial charge in [-0.25, -0.2) is 19.4 Å². The maximum atomic E-state index is 13.6. The molecule has 31 heavy (non-hydrogen) atoms. The highest BCUT2D eigenvalue weighted by molar-refractivity contribution is 7.16. The van der Waals surface area contributed by atoms with E-state index in [4.69, 9.17) is 10.2 Å². The molecule has 2 heterocycles. The second-order valence-electron chi connectivity index (χ2n) is 6.97. The van der Waals surface area contributed by atoms with E-state index in [1.54, 1.807) is 17.4 Å². The van der Waals surface area contributed by atoms with E-state index in [1.165, 1.54) is 21.5 Å². The Bertz CT molecular complexity index is 929. The summed E-state index contributed by atoms with van der Waals surface area (Å²) in [6, 6.07) is 7.16. The Morgan fingerprint density at radius 3 is 2.52 bits per heavy atom. The lowest BCUT2D eigenvalue weighted by molar-refractivity contribution is -0.134. The van der Waals surface area contributed by atoms with Gasteiger partial charge in [-0.1, -0.05) is 6.92 Å². The van der Waals surface area contributed by atoms with Crippen LogP contribution in [-0.4, -0.2) is 54.2 Å². The Labute approximate surface area is 184 Å². The molecule has 1 aliphatic heterocycles. The minimum Gasteiger partial charge on any atom is -0.478 e. The van der Waals surface area contributed by atoms with Crippen LogP contribution >= 0.6 is 11.3 Å². The Morgan fingerprint density at radius 2 is 1.94 bits per heavy atom. The Kier molecular flexibility index (Phi) is 8.98. The number of fused-ring (bicyclic) bond motifs is 2. The van der Waals surface area contributed by atoms with Crippen LogP contribution in [0, 0.1) is 5.82 Å². The lowest BCUT2D eigenvalue weighted by Gasteiger charge is -2.26. The van der Waals surface area contributed by atoms with Crippen LogP contribution in [0.4, 0.5) is 20.8 Å². The van der Waals surface area contributed by atoms with Crippen molar-refractivity contribution in [3.63, 3.8) is 0 Å². The van der Waals surface area contributed by atoms with E-state index in [-0.39, 0.29) is 5.82 Å². The molecule has 1 aliphatic rings. The number of aryl methyl sites for hydroxylation is 1. The summed E-state index contributed by atoms with van der Waals surface area (Å²) < 4.78 is 13.6. The standard InChI is InChI=1S/C17H23FN4S.C4H4O4/c1-4-14-9-12-11-19-15-10-13(18)5-6-16(15)22(17(12)23-14)20-7-8-21(2)3;5-3(6)1-2-4(7)8/h5-6,9-10,19-20H,4,7-8,11H2,1-3H3;1-2H,(H,5,6)(H,7,8)/b;2-1-. The zero-order chi connectivity index (χ0) is 23.0. The number of carbonyl (C=O) groups is 2. The summed E-state index contributed by atoms with van der Waals surface area (Å²) in [5.74, 6) is -2.73. The van der Waals surface area contributed by atoms with Crippen LogP contribution in [0.1, 0.15) is 17.4 Å². The summed E-state index contributed by atoms with van der Waals surface area (Å²) in [5, 5.41) is 22.3. The zero-order valence-corrected chi connectivity index (χ0v) is 18.5. The van der Waals surface area contributed by atoms with Gasteiger partial charge in [0.1, 0.15) is 10.8 Å². The molecule has 0 unspecified atom stereocenters. The van der Waals surface area contributed by atoms with E-state index in [0.29, 0.717) is 18.7 Å². The van der Waals surface area contributed by atoms with Crippen molar-refractivity contribution in [2.45, 2.75) is 19.9 Å². The number of hydrogen-bond donors (Lipinski definition) is 4. The number of nitrogens with one attached hydrogen (secondary N) is 2. The second-order valence-corrected chi connectivity index (χ2v) is 8.08. The predicted molar refractivity (Wildman–Crippen MR) is 121 cm³/mol. The molecule has 4 N–H and O–H groups in total. The average molecular weight is 451 g/mol. The van der Waals surface area contributed by atoms with Gasteiger partial charge in [-0.05, 0) is 44.8 Å². The summed E-state index contributed by atoms with van der Waals surface area (Å²) in [7, 11) is 4.11. The van der Waals surface area contributed by atoms with Gasteiger partial charge in [-0.3, -0.25) is 5.01 Å². The van der Waals surface area contributed by atoms with E-state index < -0.39 is 11.9 Å². The highest BCUT2D eigenvalue weighted by atomic mass is 32.1. The number of halogens is 1. The Morgan fingerprint density at radius 1 is 1.26 bits per heavy atom. The summed E-state index contributed by atoms with van der Waals surface area (Å²) >= 11 is 1.80. The van der Waals surface area contributed by atoms with E-state index in [9.17, 15) is 14.0 Å². The van der Waals surface area contributed by atoms with Crippen molar-refractivity contribution in [1.82, 2.24) is 10.3 Å². The molecule has 0 radical (unpaired) electrons. The Hall–Kier alpha value is -2.95. The number of hydrogen-bond acceptors (Lipinski definition) is 7. The first-order chi connectivity index (χ1) is 14.7. The average Bonchev–Trinajstić information content (AvgIpc) is 3.06. The van der Waals surface area contributed by atoms with Crippen LogP contribution in [0.2, 0.25) is 0 Å². The van der Waals surface area contributed by atoms with Crippen molar-refractivity contribution >= 4 is 39.7 Å². The van der Waals surface area contributed by atoms with Gasteiger partial charge in [0.15, 0.2) is 0 Å². The number of aliphatic carboxylic acids is 2. The molecule has 0 atom stereocenters. The van der Waals surface area contributed by atoms with E-state index >= 15 is 0 Å². The molecule has 0 saturated carbocycles. The van der Waals surface area contributed by atoms with Gasteiger partial charge in [-0.2, -0.15) is 0 Å². The number of likely N-dealkylation sites (N-methyl/N-ethyl adjacent to an activating group) is 1. The Balaban J connectivity index is 0.000000366. The molecule has 8 nitrogen and oxygen atoms in total. The molecule has 10 heteroatoms. The van der Waals surface area contributed by atoms with E-state index in [1.807, 2.05) is 6.07 Å². The number of carboxylic acids is 2. The molecule has 0 bridgehead atoms. The highest BCUT2D eigenvalue weighted by Crippen LogP contribution is 2.41. The molecule has 1 aromatic carbocycles. The smallest absolute Gasteiger partial charge is 0.328 e. The fraction of sp³-hybridized carbons (Fsp3) is 0.333. The van der Waals surface area contributed by atoms with Crippen LogP contribution in [-0.2, 0) is 22.6 Å². The monoisotopic (exact) mass is 450 g/mol. The predicted octanol–water partition coefficient (Wildman–Crippen LogP) is 3.29. The molecule has 0 saturated heterocycles. The molecule has 0 amide bonds. The largest absolute Gasteiger partial charge is 0.478 e. The normalized spacial score (nSPS) is 12.5. The van der Waals surface area contributed by atoms with Crippen molar-refractivity contribution in [2.24, 2.45) is 0 Å². The molecule has 2 aromatic rings. The summed E-state index contributed by atoms with van der Waals surface area (Å²) in [6.07, 6.45) is 2.14. The quantitative estimate of drug-likeness (QED) is 0.477. The summed E-state index contributed by atoms with van der Waals surface area (Å²) in [4.78, 5) is 22.6. The molecule has 168 valence electrons. The third kappa shape index (κ3) is 7.35. The van der Waals surface area contributed by atoms with Gasteiger partial charge in [0.05, 0.1) is 11.4 Å². The van der Waals surface area contributed by atoms with Crippen molar-refractivity contribution in [3.8, 4) is 0 Å². The van der Waals surface area contributed by atoms with Gasteiger partial charge in [0.25, 0.3) is 0 Å². The number of rotatable bonds is 7. The lowest BCUT2D eigenvalue weighted by atomic mass is 10.2. The molecular weight excluding hydrogens is 423 g/mol. The minimum atomic E-state index is -1.26. The minimum absolute atomic E-state index is 0.219. The summed E-state index contributed by atoms with van der Waals surface area (Å²) in [6.45, 7) is 4.64. The zero-order valence-electron chi connectivity index (χ0n) is 17.7. The molecule has 0 spiro atoms. The van der Waals surface area contributed by atoms with Crippen LogP contribution in [0.15, 0.2) is 36.4 Å². The van der Waals surface area contributed by atoms with Crippen molar-refractivity contribution in [1.29, 1.82) is 0 Å². The molecule has 0 fully saturated rings. The molecule has 1 aromatic heterocycles. The first-order valence-corrected chi connectivity index (χ1v) is 10.5. The van der Waals surface area contributed by atoms with Crippen molar-refractivity contribution in [2.75, 3.05) is 37.5 Å². The van der Waals surface area contributed by atoms with Gasteiger partial charge < -0.3 is 20.4 Å². The van der Waals surface area contributed by atoms with Crippen molar-refractivity contribution < 1.29 is 24.2 Å². The third-order valence-electron chi connectivity index (χ3n) is 4.26. The van der Waals surface area contributed by atoms with Gasteiger partial charge >= 0.3 is 11.9 Å². The van der Waals surface area contributed by atoms with Gasteiger partial charge in [-0.15, -0.1) is 11.3 Å². The van der Waals surface area contributed by atoms with Gasteiger partial charge in [0.2, 0.25) is 0 Å². The molecule has 3 rings (SSSR count). The van der Waals surface area contributed by atoms with Crippen molar-refractivity contribution in [3.05, 3.63) is 52.7 Å². The van der Waals surface area contributed by atoms with E-state index in [2.05, 4.69) is 47.7 Å².